The lowest BCUT2D eigenvalue weighted by Gasteiger charge is -2.06. The van der Waals surface area contributed by atoms with Gasteiger partial charge in [0, 0.05) is 17.0 Å². The summed E-state index contributed by atoms with van der Waals surface area (Å²) in [7, 11) is 0. The number of carbonyl (C=O) groups excluding carboxylic acids is 2. The molecule has 5 nitrogen and oxygen atoms in total. The quantitative estimate of drug-likeness (QED) is 0.740. The molecule has 2 amide bonds. The number of amides is 2. The fourth-order valence-electron chi connectivity index (χ4n) is 2.20. The Hall–Kier alpha value is -2.21. The van der Waals surface area contributed by atoms with Crippen LogP contribution >= 0.6 is 11.3 Å². The molecule has 1 aromatic carbocycles. The number of hydrogen-bond acceptors (Lipinski definition) is 4. The molecule has 0 spiro atoms. The number of aryl methyl sites for hydroxylation is 1. The van der Waals surface area contributed by atoms with E-state index in [-0.39, 0.29) is 24.2 Å². The predicted molar refractivity (Wildman–Crippen MR) is 103 cm³/mol. The second-order valence-electron chi connectivity index (χ2n) is 6.31. The molecule has 0 aliphatic heterocycles. The van der Waals surface area contributed by atoms with E-state index < -0.39 is 0 Å². The molecule has 2 aromatic rings. The van der Waals surface area contributed by atoms with E-state index in [1.807, 2.05) is 38.1 Å². The lowest BCUT2D eigenvalue weighted by atomic mass is 10.1. The van der Waals surface area contributed by atoms with Crippen molar-refractivity contribution < 1.29 is 9.59 Å². The summed E-state index contributed by atoms with van der Waals surface area (Å²) in [6.45, 7) is 5.82. The smallest absolute Gasteiger partial charge is 0.230 e. The first kappa shape index (κ1) is 19.1. The first-order valence-electron chi connectivity index (χ1n) is 8.62. The summed E-state index contributed by atoms with van der Waals surface area (Å²) >= 11 is 1.33. The second-order valence-corrected chi connectivity index (χ2v) is 7.17. The van der Waals surface area contributed by atoms with Crippen LogP contribution in [0.15, 0.2) is 29.6 Å². The van der Waals surface area contributed by atoms with Gasteiger partial charge in [-0.25, -0.2) is 4.98 Å². The van der Waals surface area contributed by atoms with Crippen molar-refractivity contribution >= 4 is 34.0 Å². The van der Waals surface area contributed by atoms with Crippen LogP contribution in [0.3, 0.4) is 0 Å². The number of thiazole rings is 1. The number of unbranched alkanes of at least 4 members (excludes halogenated alkanes) is 1. The maximum absolute atomic E-state index is 12.1. The van der Waals surface area contributed by atoms with Gasteiger partial charge >= 0.3 is 0 Å². The van der Waals surface area contributed by atoms with Gasteiger partial charge in [0.05, 0.1) is 12.1 Å². The van der Waals surface area contributed by atoms with E-state index in [2.05, 4.69) is 22.5 Å². The zero-order valence-electron chi connectivity index (χ0n) is 15.0. The molecular formula is C19H25N3O2S. The second kappa shape index (κ2) is 9.32. The lowest BCUT2D eigenvalue weighted by molar-refractivity contribution is -0.119. The molecule has 0 aliphatic carbocycles. The number of nitrogens with zero attached hydrogens (tertiary/aromatic N) is 1. The first-order chi connectivity index (χ1) is 12.0. The number of rotatable bonds is 8. The molecule has 1 aromatic heterocycles. The van der Waals surface area contributed by atoms with Crippen molar-refractivity contribution in [2.75, 3.05) is 10.6 Å². The highest BCUT2D eigenvalue weighted by Crippen LogP contribution is 2.17. The fourth-order valence-corrected chi connectivity index (χ4v) is 2.91. The standard InChI is InChI=1S/C19H25N3O2S/c1-4-5-6-14-7-9-15(10-8-14)20-17(23)11-16-12-25-19(21-16)22-18(24)13(2)3/h7-10,12-13H,4-6,11H2,1-3H3,(H,20,23)(H,21,22,24). The van der Waals surface area contributed by atoms with Crippen molar-refractivity contribution in [3.63, 3.8) is 0 Å². The van der Waals surface area contributed by atoms with Crippen molar-refractivity contribution in [1.82, 2.24) is 4.98 Å². The van der Waals surface area contributed by atoms with Crippen molar-refractivity contribution in [3.05, 3.63) is 40.9 Å². The highest BCUT2D eigenvalue weighted by molar-refractivity contribution is 7.13. The van der Waals surface area contributed by atoms with Crippen molar-refractivity contribution in [2.45, 2.75) is 46.5 Å². The van der Waals surface area contributed by atoms with Crippen LogP contribution in [0.25, 0.3) is 0 Å². The van der Waals surface area contributed by atoms with E-state index in [0.717, 1.165) is 12.1 Å². The van der Waals surface area contributed by atoms with Gasteiger partial charge in [-0.1, -0.05) is 39.3 Å². The SMILES string of the molecule is CCCCc1ccc(NC(=O)Cc2csc(NC(=O)C(C)C)n2)cc1. The summed E-state index contributed by atoms with van der Waals surface area (Å²) in [6.07, 6.45) is 3.59. The van der Waals surface area contributed by atoms with Gasteiger partial charge in [-0.2, -0.15) is 0 Å². The Morgan fingerprint density at radius 3 is 2.52 bits per heavy atom. The summed E-state index contributed by atoms with van der Waals surface area (Å²) in [5, 5.41) is 7.95. The first-order valence-corrected chi connectivity index (χ1v) is 9.50. The average Bonchev–Trinajstić information content (AvgIpc) is 3.00. The molecule has 0 aliphatic rings. The van der Waals surface area contributed by atoms with E-state index in [1.54, 1.807) is 5.38 Å². The number of hydrogen-bond donors (Lipinski definition) is 2. The molecule has 0 saturated carbocycles. The molecular weight excluding hydrogens is 334 g/mol. The van der Waals surface area contributed by atoms with Gasteiger partial charge in [0.15, 0.2) is 5.13 Å². The Kier molecular flexibility index (Phi) is 7.13. The van der Waals surface area contributed by atoms with Crippen molar-refractivity contribution in [3.8, 4) is 0 Å². The normalized spacial score (nSPS) is 10.7. The van der Waals surface area contributed by atoms with E-state index >= 15 is 0 Å². The molecule has 2 rings (SSSR count). The Labute approximate surface area is 152 Å². The van der Waals surface area contributed by atoms with Crippen LogP contribution in [-0.2, 0) is 22.4 Å². The number of carbonyl (C=O) groups is 2. The van der Waals surface area contributed by atoms with E-state index in [0.29, 0.717) is 10.8 Å². The van der Waals surface area contributed by atoms with Gasteiger partial charge < -0.3 is 10.6 Å². The summed E-state index contributed by atoms with van der Waals surface area (Å²) < 4.78 is 0. The Morgan fingerprint density at radius 1 is 1.16 bits per heavy atom. The zero-order valence-corrected chi connectivity index (χ0v) is 15.8. The molecule has 25 heavy (non-hydrogen) atoms. The van der Waals surface area contributed by atoms with Crippen LogP contribution in [0, 0.1) is 5.92 Å². The molecule has 0 bridgehead atoms. The van der Waals surface area contributed by atoms with Crippen molar-refractivity contribution in [2.24, 2.45) is 5.92 Å². The number of aromatic nitrogens is 1. The molecule has 0 radical (unpaired) electrons. The summed E-state index contributed by atoms with van der Waals surface area (Å²) in [6, 6.07) is 7.96. The largest absolute Gasteiger partial charge is 0.326 e. The monoisotopic (exact) mass is 359 g/mol. The van der Waals surface area contributed by atoms with Gasteiger partial charge in [0.25, 0.3) is 0 Å². The highest BCUT2D eigenvalue weighted by Gasteiger charge is 2.12. The molecule has 0 fully saturated rings. The fraction of sp³-hybridized carbons (Fsp3) is 0.421. The maximum Gasteiger partial charge on any atom is 0.230 e. The Morgan fingerprint density at radius 2 is 1.88 bits per heavy atom. The lowest BCUT2D eigenvalue weighted by Crippen LogP contribution is -2.18. The van der Waals surface area contributed by atoms with Gasteiger partial charge in [-0.05, 0) is 30.5 Å². The molecule has 6 heteroatoms. The van der Waals surface area contributed by atoms with Crippen LogP contribution in [0.5, 0.6) is 0 Å². The number of benzene rings is 1. The predicted octanol–water partition coefficient (Wildman–Crippen LogP) is 4.26. The topological polar surface area (TPSA) is 71.1 Å². The molecule has 2 N–H and O–H groups in total. The molecule has 1 heterocycles. The molecule has 0 atom stereocenters. The van der Waals surface area contributed by atoms with Gasteiger partial charge in [-0.15, -0.1) is 11.3 Å². The average molecular weight is 359 g/mol. The summed E-state index contributed by atoms with van der Waals surface area (Å²) in [5.41, 5.74) is 2.72. The van der Waals surface area contributed by atoms with Crippen LogP contribution < -0.4 is 10.6 Å². The van der Waals surface area contributed by atoms with Crippen LogP contribution in [0.1, 0.15) is 44.9 Å². The van der Waals surface area contributed by atoms with Crippen LogP contribution in [0.2, 0.25) is 0 Å². The zero-order chi connectivity index (χ0) is 18.2. The highest BCUT2D eigenvalue weighted by atomic mass is 32.1. The van der Waals surface area contributed by atoms with Gasteiger partial charge in [0.1, 0.15) is 0 Å². The van der Waals surface area contributed by atoms with Crippen molar-refractivity contribution in [1.29, 1.82) is 0 Å². The number of anilines is 2. The third-order valence-corrected chi connectivity index (χ3v) is 4.51. The van der Waals surface area contributed by atoms with E-state index in [9.17, 15) is 9.59 Å². The van der Waals surface area contributed by atoms with Crippen LogP contribution in [-0.4, -0.2) is 16.8 Å². The van der Waals surface area contributed by atoms with E-state index in [1.165, 1.54) is 29.7 Å². The van der Waals surface area contributed by atoms with Gasteiger partial charge in [0.2, 0.25) is 11.8 Å². The summed E-state index contributed by atoms with van der Waals surface area (Å²) in [5.74, 6) is -0.294. The Bertz CT molecular complexity index is 708. The van der Waals surface area contributed by atoms with Crippen LogP contribution in [0.4, 0.5) is 10.8 Å². The Balaban J connectivity index is 1.86. The summed E-state index contributed by atoms with van der Waals surface area (Å²) in [4.78, 5) is 28.1. The minimum absolute atomic E-state index is 0.0754. The number of nitrogens with one attached hydrogen (secondary N) is 2. The van der Waals surface area contributed by atoms with Gasteiger partial charge in [-0.3, -0.25) is 9.59 Å². The van der Waals surface area contributed by atoms with E-state index in [4.69, 9.17) is 0 Å². The molecule has 0 unspecified atom stereocenters. The maximum atomic E-state index is 12.1. The third-order valence-electron chi connectivity index (χ3n) is 3.70. The third kappa shape index (κ3) is 6.31. The minimum atomic E-state index is -0.117. The minimum Gasteiger partial charge on any atom is -0.326 e. The molecule has 0 saturated heterocycles. The molecule has 134 valence electrons.